The first-order chi connectivity index (χ1) is 9.72. The van der Waals surface area contributed by atoms with Crippen LogP contribution in [0.1, 0.15) is 51.5 Å². The van der Waals surface area contributed by atoms with Crippen LogP contribution in [0.4, 0.5) is 5.69 Å². The quantitative estimate of drug-likeness (QED) is 0.811. The topological polar surface area (TPSA) is 38.3 Å². The Labute approximate surface area is 121 Å². The molecule has 0 saturated carbocycles. The molecule has 0 saturated heterocycles. The molecule has 0 radical (unpaired) electrons. The molecule has 1 amide bonds. The lowest BCUT2D eigenvalue weighted by atomic mass is 10.0. The fourth-order valence-electron chi connectivity index (χ4n) is 2.55. The molecule has 0 aromatic heterocycles. The average Bonchev–Trinajstić information content (AvgIpc) is 2.47. The maximum Gasteiger partial charge on any atom is 0.224 e. The summed E-state index contributed by atoms with van der Waals surface area (Å²) in [5, 5.41) is 2.92. The van der Waals surface area contributed by atoms with Gasteiger partial charge in [0, 0.05) is 18.2 Å². The van der Waals surface area contributed by atoms with Crippen LogP contribution >= 0.6 is 0 Å². The van der Waals surface area contributed by atoms with E-state index < -0.39 is 0 Å². The summed E-state index contributed by atoms with van der Waals surface area (Å²) in [6.07, 6.45) is 6.30. The third-order valence-corrected chi connectivity index (χ3v) is 4.01. The molecule has 0 spiro atoms. The molecule has 20 heavy (non-hydrogen) atoms. The molecule has 3 nitrogen and oxygen atoms in total. The normalized spacial score (nSPS) is 15.4. The lowest BCUT2D eigenvalue weighted by molar-refractivity contribution is -0.116. The number of benzene rings is 1. The number of nitrogens with one attached hydrogen (secondary N) is 1. The molecule has 3 heteroatoms. The molecule has 1 aliphatic rings. The molecule has 1 heterocycles. The van der Waals surface area contributed by atoms with E-state index in [-0.39, 0.29) is 5.91 Å². The monoisotopic (exact) mass is 275 g/mol. The highest BCUT2D eigenvalue weighted by atomic mass is 16.5. The molecule has 1 unspecified atom stereocenters. The third kappa shape index (κ3) is 3.99. The molecule has 1 aromatic carbocycles. The van der Waals surface area contributed by atoms with Gasteiger partial charge < -0.3 is 10.1 Å². The summed E-state index contributed by atoms with van der Waals surface area (Å²) >= 11 is 0. The Balaban J connectivity index is 1.93. The van der Waals surface area contributed by atoms with Crippen LogP contribution in [0.15, 0.2) is 18.2 Å². The van der Waals surface area contributed by atoms with Gasteiger partial charge in [-0.2, -0.15) is 0 Å². The van der Waals surface area contributed by atoms with Crippen molar-refractivity contribution in [1.82, 2.24) is 0 Å². The van der Waals surface area contributed by atoms with E-state index in [2.05, 4.69) is 25.2 Å². The third-order valence-electron chi connectivity index (χ3n) is 4.01. The van der Waals surface area contributed by atoms with Crippen molar-refractivity contribution in [3.8, 4) is 5.75 Å². The number of unbranched alkanes of at least 4 members (excludes halogenated alkanes) is 1. The van der Waals surface area contributed by atoms with Crippen LogP contribution in [-0.2, 0) is 11.2 Å². The number of anilines is 1. The lowest BCUT2D eigenvalue weighted by Crippen LogP contribution is -2.19. The van der Waals surface area contributed by atoms with Crippen molar-refractivity contribution in [3.63, 3.8) is 0 Å². The Bertz CT molecular complexity index is 456. The Morgan fingerprint density at radius 3 is 2.90 bits per heavy atom. The summed E-state index contributed by atoms with van der Waals surface area (Å²) in [4.78, 5) is 11.4. The van der Waals surface area contributed by atoms with Gasteiger partial charge in [0.25, 0.3) is 0 Å². The Kier molecular flexibility index (Phi) is 5.45. The molecular weight excluding hydrogens is 250 g/mol. The van der Waals surface area contributed by atoms with Crippen LogP contribution in [0.2, 0.25) is 0 Å². The Morgan fingerprint density at radius 2 is 2.15 bits per heavy atom. The second-order valence-electron chi connectivity index (χ2n) is 5.59. The van der Waals surface area contributed by atoms with Gasteiger partial charge in [0.15, 0.2) is 0 Å². The number of amides is 1. The van der Waals surface area contributed by atoms with E-state index >= 15 is 0 Å². The highest BCUT2D eigenvalue weighted by molar-refractivity contribution is 5.94. The highest BCUT2D eigenvalue weighted by Gasteiger charge is 2.15. The van der Waals surface area contributed by atoms with E-state index in [1.165, 1.54) is 24.8 Å². The summed E-state index contributed by atoms with van der Waals surface area (Å²) in [6, 6.07) is 6.04. The van der Waals surface area contributed by atoms with Crippen LogP contribution in [0.5, 0.6) is 5.75 Å². The van der Waals surface area contributed by atoms with Crippen LogP contribution < -0.4 is 10.1 Å². The standard InChI is InChI=1S/C17H25NO2/c1-3-5-6-13(4-2)12-20-15-9-7-14-8-10-17(19)18-16(14)11-15/h7,9,11,13H,3-6,8,10,12H2,1-2H3,(H,18,19). The number of aryl methyl sites for hydroxylation is 1. The van der Waals surface area contributed by atoms with Crippen LogP contribution in [0.25, 0.3) is 0 Å². The van der Waals surface area contributed by atoms with Crippen molar-refractivity contribution in [2.45, 2.75) is 52.4 Å². The van der Waals surface area contributed by atoms with E-state index in [0.717, 1.165) is 30.9 Å². The van der Waals surface area contributed by atoms with Crippen LogP contribution in [0, 0.1) is 5.92 Å². The van der Waals surface area contributed by atoms with Gasteiger partial charge in [0.2, 0.25) is 5.91 Å². The van der Waals surface area contributed by atoms with E-state index in [4.69, 9.17) is 4.74 Å². The van der Waals surface area contributed by atoms with E-state index in [9.17, 15) is 4.79 Å². The second kappa shape index (κ2) is 7.32. The molecule has 1 aromatic rings. The number of hydrogen-bond acceptors (Lipinski definition) is 2. The number of fused-ring (bicyclic) bond motifs is 1. The van der Waals surface area contributed by atoms with Gasteiger partial charge >= 0.3 is 0 Å². The summed E-state index contributed by atoms with van der Waals surface area (Å²) in [5.74, 6) is 1.59. The van der Waals surface area contributed by atoms with Gasteiger partial charge in [-0.15, -0.1) is 0 Å². The molecule has 0 bridgehead atoms. The SMILES string of the molecule is CCCCC(CC)COc1ccc2c(c1)NC(=O)CC2. The zero-order chi connectivity index (χ0) is 14.4. The second-order valence-corrected chi connectivity index (χ2v) is 5.59. The maximum absolute atomic E-state index is 11.4. The van der Waals surface area contributed by atoms with Gasteiger partial charge in [-0.1, -0.05) is 39.2 Å². The zero-order valence-electron chi connectivity index (χ0n) is 12.6. The Morgan fingerprint density at radius 1 is 1.30 bits per heavy atom. The van der Waals surface area contributed by atoms with Crippen molar-refractivity contribution in [1.29, 1.82) is 0 Å². The Hall–Kier alpha value is -1.51. The highest BCUT2D eigenvalue weighted by Crippen LogP contribution is 2.27. The first-order valence-corrected chi connectivity index (χ1v) is 7.78. The fraction of sp³-hybridized carbons (Fsp3) is 0.588. The molecule has 2 rings (SSSR count). The summed E-state index contributed by atoms with van der Waals surface area (Å²) in [6.45, 7) is 5.21. The van der Waals surface area contributed by atoms with Gasteiger partial charge in [-0.25, -0.2) is 0 Å². The number of rotatable bonds is 7. The molecule has 0 fully saturated rings. The van der Waals surface area contributed by atoms with E-state index in [1.807, 2.05) is 12.1 Å². The average molecular weight is 275 g/mol. The van der Waals surface area contributed by atoms with Gasteiger partial charge in [-0.3, -0.25) is 4.79 Å². The first kappa shape index (κ1) is 14.9. The van der Waals surface area contributed by atoms with Crippen molar-refractivity contribution >= 4 is 11.6 Å². The number of carbonyl (C=O) groups is 1. The van der Waals surface area contributed by atoms with Gasteiger partial charge in [0.05, 0.1) is 6.61 Å². The molecule has 1 aliphatic heterocycles. The number of hydrogen-bond donors (Lipinski definition) is 1. The molecular formula is C17H25NO2. The first-order valence-electron chi connectivity index (χ1n) is 7.78. The molecule has 1 atom stereocenters. The summed E-state index contributed by atoms with van der Waals surface area (Å²) < 4.78 is 5.91. The smallest absolute Gasteiger partial charge is 0.224 e. The van der Waals surface area contributed by atoms with Crippen molar-refractivity contribution in [2.24, 2.45) is 5.92 Å². The maximum atomic E-state index is 11.4. The summed E-state index contributed by atoms with van der Waals surface area (Å²) in [7, 11) is 0. The van der Waals surface area contributed by atoms with Crippen LogP contribution in [0.3, 0.4) is 0 Å². The minimum Gasteiger partial charge on any atom is -0.493 e. The predicted octanol–water partition coefficient (Wildman–Crippen LogP) is 4.17. The molecule has 110 valence electrons. The van der Waals surface area contributed by atoms with Gasteiger partial charge in [-0.05, 0) is 30.4 Å². The fourth-order valence-corrected chi connectivity index (χ4v) is 2.55. The van der Waals surface area contributed by atoms with Crippen molar-refractivity contribution in [2.75, 3.05) is 11.9 Å². The largest absolute Gasteiger partial charge is 0.493 e. The summed E-state index contributed by atoms with van der Waals surface area (Å²) in [5.41, 5.74) is 2.12. The number of carbonyl (C=O) groups excluding carboxylic acids is 1. The van der Waals surface area contributed by atoms with E-state index in [0.29, 0.717) is 12.3 Å². The van der Waals surface area contributed by atoms with E-state index in [1.54, 1.807) is 0 Å². The number of ether oxygens (including phenoxy) is 1. The lowest BCUT2D eigenvalue weighted by Gasteiger charge is -2.19. The minimum absolute atomic E-state index is 0.101. The zero-order valence-corrected chi connectivity index (χ0v) is 12.6. The molecule has 1 N–H and O–H groups in total. The van der Waals surface area contributed by atoms with Crippen molar-refractivity contribution < 1.29 is 9.53 Å². The van der Waals surface area contributed by atoms with Gasteiger partial charge in [0.1, 0.15) is 5.75 Å². The molecule has 0 aliphatic carbocycles. The van der Waals surface area contributed by atoms with Crippen molar-refractivity contribution in [3.05, 3.63) is 23.8 Å². The predicted molar refractivity (Wildman–Crippen MR) is 82.2 cm³/mol. The minimum atomic E-state index is 0.101. The van der Waals surface area contributed by atoms with Crippen LogP contribution in [-0.4, -0.2) is 12.5 Å².